The van der Waals surface area contributed by atoms with Gasteiger partial charge < -0.3 is 5.11 Å². The van der Waals surface area contributed by atoms with Gasteiger partial charge in [0.25, 0.3) is 0 Å². The summed E-state index contributed by atoms with van der Waals surface area (Å²) in [6, 6.07) is 3.65. The molecular formula is C13H15ClFNO4S. The van der Waals surface area contributed by atoms with Gasteiger partial charge >= 0.3 is 5.97 Å². The first kappa shape index (κ1) is 16.2. The first-order valence-electron chi connectivity index (χ1n) is 6.46. The van der Waals surface area contributed by atoms with Gasteiger partial charge in [0.2, 0.25) is 10.0 Å². The molecule has 0 heterocycles. The Hall–Kier alpha value is -1.18. The highest BCUT2D eigenvalue weighted by atomic mass is 35.5. The van der Waals surface area contributed by atoms with Crippen molar-refractivity contribution < 1.29 is 22.7 Å². The van der Waals surface area contributed by atoms with Crippen LogP contribution < -0.4 is 4.72 Å². The Bertz CT molecular complexity index is 656. The zero-order chi connectivity index (χ0) is 15.7. The monoisotopic (exact) mass is 335 g/mol. The third kappa shape index (κ3) is 3.20. The molecule has 21 heavy (non-hydrogen) atoms. The SMILES string of the molecule is O=C(O)C1(CNS(=O)(=O)c2cccc(Cl)c2F)CCCC1. The molecule has 0 saturated heterocycles. The Balaban J connectivity index is 2.22. The summed E-state index contributed by atoms with van der Waals surface area (Å²) < 4.78 is 40.2. The number of halogens is 2. The quantitative estimate of drug-likeness (QED) is 0.865. The van der Waals surface area contributed by atoms with E-state index >= 15 is 0 Å². The van der Waals surface area contributed by atoms with E-state index in [-0.39, 0.29) is 11.6 Å². The van der Waals surface area contributed by atoms with Gasteiger partial charge in [0, 0.05) is 6.54 Å². The first-order chi connectivity index (χ1) is 9.78. The van der Waals surface area contributed by atoms with Crippen LogP contribution in [0.4, 0.5) is 4.39 Å². The topological polar surface area (TPSA) is 83.5 Å². The molecule has 1 aliphatic carbocycles. The average Bonchev–Trinajstić information content (AvgIpc) is 2.90. The van der Waals surface area contributed by atoms with Crippen molar-refractivity contribution in [2.45, 2.75) is 30.6 Å². The van der Waals surface area contributed by atoms with Gasteiger partial charge in [0.1, 0.15) is 4.90 Å². The molecule has 0 atom stereocenters. The molecule has 0 aliphatic heterocycles. The second-order valence-electron chi connectivity index (χ2n) is 5.17. The van der Waals surface area contributed by atoms with Crippen molar-refractivity contribution >= 4 is 27.6 Å². The molecule has 0 amide bonds. The lowest BCUT2D eigenvalue weighted by atomic mass is 9.87. The molecule has 0 unspecified atom stereocenters. The largest absolute Gasteiger partial charge is 0.481 e. The summed E-state index contributed by atoms with van der Waals surface area (Å²) in [5.74, 6) is -2.07. The minimum atomic E-state index is -4.15. The first-order valence-corrected chi connectivity index (χ1v) is 8.32. The van der Waals surface area contributed by atoms with Crippen molar-refractivity contribution in [2.24, 2.45) is 5.41 Å². The van der Waals surface area contributed by atoms with Gasteiger partial charge in [0.05, 0.1) is 10.4 Å². The van der Waals surface area contributed by atoms with E-state index in [9.17, 15) is 22.7 Å². The molecule has 2 N–H and O–H groups in total. The maximum absolute atomic E-state index is 13.8. The molecule has 1 aromatic carbocycles. The molecule has 1 saturated carbocycles. The van der Waals surface area contributed by atoms with Gasteiger partial charge in [0.15, 0.2) is 5.82 Å². The van der Waals surface area contributed by atoms with E-state index in [1.807, 2.05) is 0 Å². The summed E-state index contributed by atoms with van der Waals surface area (Å²) in [5, 5.41) is 9.00. The minimum absolute atomic E-state index is 0.253. The van der Waals surface area contributed by atoms with Crippen LogP contribution >= 0.6 is 11.6 Å². The second kappa shape index (κ2) is 5.90. The Morgan fingerprint density at radius 3 is 2.57 bits per heavy atom. The van der Waals surface area contributed by atoms with Gasteiger partial charge in [-0.1, -0.05) is 30.5 Å². The number of rotatable bonds is 5. The molecule has 2 rings (SSSR count). The number of nitrogens with one attached hydrogen (secondary N) is 1. The summed E-state index contributed by atoms with van der Waals surface area (Å²) in [6.07, 6.45) is 2.28. The molecule has 1 aromatic rings. The zero-order valence-electron chi connectivity index (χ0n) is 11.1. The van der Waals surface area contributed by atoms with Crippen molar-refractivity contribution in [3.63, 3.8) is 0 Å². The molecule has 0 radical (unpaired) electrons. The second-order valence-corrected chi connectivity index (χ2v) is 7.31. The van der Waals surface area contributed by atoms with Crippen molar-refractivity contribution in [3.8, 4) is 0 Å². The van der Waals surface area contributed by atoms with Gasteiger partial charge in [-0.15, -0.1) is 0 Å². The van der Waals surface area contributed by atoms with Crippen LogP contribution in [0.25, 0.3) is 0 Å². The molecule has 0 spiro atoms. The van der Waals surface area contributed by atoms with E-state index < -0.39 is 32.1 Å². The molecule has 1 fully saturated rings. The summed E-state index contributed by atoms with van der Waals surface area (Å²) >= 11 is 5.56. The van der Waals surface area contributed by atoms with E-state index in [0.717, 1.165) is 18.9 Å². The van der Waals surface area contributed by atoms with Crippen LogP contribution in [-0.4, -0.2) is 26.0 Å². The molecule has 1 aliphatic rings. The lowest BCUT2D eigenvalue weighted by Crippen LogP contribution is -2.41. The van der Waals surface area contributed by atoms with Gasteiger partial charge in [-0.25, -0.2) is 17.5 Å². The Kier molecular flexibility index (Phi) is 4.55. The Morgan fingerprint density at radius 1 is 1.38 bits per heavy atom. The number of benzene rings is 1. The molecule has 0 bridgehead atoms. The van der Waals surface area contributed by atoms with E-state index in [0.29, 0.717) is 12.8 Å². The number of carboxylic acids is 1. The Morgan fingerprint density at radius 2 is 2.00 bits per heavy atom. The van der Waals surface area contributed by atoms with Crippen LogP contribution in [0.1, 0.15) is 25.7 Å². The van der Waals surface area contributed by atoms with Crippen LogP contribution in [0, 0.1) is 11.2 Å². The highest BCUT2D eigenvalue weighted by Crippen LogP contribution is 2.38. The zero-order valence-corrected chi connectivity index (χ0v) is 12.7. The maximum atomic E-state index is 13.8. The predicted octanol–water partition coefficient (Wildman–Crippen LogP) is 2.40. The third-order valence-electron chi connectivity index (χ3n) is 3.82. The summed E-state index contributed by atoms with van der Waals surface area (Å²) in [7, 11) is -4.15. The highest BCUT2D eigenvalue weighted by Gasteiger charge is 2.42. The molecule has 5 nitrogen and oxygen atoms in total. The molecule has 0 aromatic heterocycles. The van der Waals surface area contributed by atoms with Gasteiger partial charge in [-0.2, -0.15) is 0 Å². The van der Waals surface area contributed by atoms with Crippen molar-refractivity contribution in [3.05, 3.63) is 29.0 Å². The summed E-state index contributed by atoms with van der Waals surface area (Å²) in [6.45, 7) is -0.253. The van der Waals surface area contributed by atoms with Gasteiger partial charge in [-0.3, -0.25) is 4.79 Å². The van der Waals surface area contributed by atoms with E-state index in [4.69, 9.17) is 11.6 Å². The van der Waals surface area contributed by atoms with E-state index in [1.165, 1.54) is 12.1 Å². The fourth-order valence-electron chi connectivity index (χ4n) is 2.52. The standard InChI is InChI=1S/C13H15ClFNO4S/c14-9-4-3-5-10(11(9)15)21(19,20)16-8-13(12(17)18)6-1-2-7-13/h3-5,16H,1-2,6-8H2,(H,17,18). The maximum Gasteiger partial charge on any atom is 0.310 e. The Labute approximate surface area is 127 Å². The summed E-state index contributed by atoms with van der Waals surface area (Å²) in [4.78, 5) is 10.8. The number of aliphatic carboxylic acids is 1. The number of carboxylic acid groups (broad SMARTS) is 1. The summed E-state index contributed by atoms with van der Waals surface area (Å²) in [5.41, 5.74) is -1.11. The number of sulfonamides is 1. The third-order valence-corrected chi connectivity index (χ3v) is 5.53. The molecule has 8 heteroatoms. The minimum Gasteiger partial charge on any atom is -0.481 e. The van der Waals surface area contributed by atoms with Crippen LogP contribution in [-0.2, 0) is 14.8 Å². The van der Waals surface area contributed by atoms with Crippen molar-refractivity contribution in [2.75, 3.05) is 6.54 Å². The lowest BCUT2D eigenvalue weighted by molar-refractivity contribution is -0.148. The smallest absolute Gasteiger partial charge is 0.310 e. The lowest BCUT2D eigenvalue weighted by Gasteiger charge is -2.24. The normalized spacial score (nSPS) is 17.8. The number of hydrogen-bond donors (Lipinski definition) is 2. The van der Waals surface area contributed by atoms with Crippen LogP contribution in [0.3, 0.4) is 0 Å². The fraction of sp³-hybridized carbons (Fsp3) is 0.462. The molecule has 116 valence electrons. The number of carbonyl (C=O) groups is 1. The van der Waals surface area contributed by atoms with Gasteiger partial charge in [-0.05, 0) is 25.0 Å². The van der Waals surface area contributed by atoms with Crippen molar-refractivity contribution in [1.29, 1.82) is 0 Å². The molecular weight excluding hydrogens is 321 g/mol. The van der Waals surface area contributed by atoms with E-state index in [1.54, 1.807) is 0 Å². The van der Waals surface area contributed by atoms with E-state index in [2.05, 4.69) is 4.72 Å². The van der Waals surface area contributed by atoms with Crippen LogP contribution in [0.15, 0.2) is 23.1 Å². The van der Waals surface area contributed by atoms with Crippen molar-refractivity contribution in [1.82, 2.24) is 4.72 Å². The predicted molar refractivity (Wildman–Crippen MR) is 75.1 cm³/mol. The number of hydrogen-bond acceptors (Lipinski definition) is 3. The highest BCUT2D eigenvalue weighted by molar-refractivity contribution is 7.89. The van der Waals surface area contributed by atoms with Crippen LogP contribution in [0.5, 0.6) is 0 Å². The fourth-order valence-corrected chi connectivity index (χ4v) is 3.98. The average molecular weight is 336 g/mol. The van der Waals surface area contributed by atoms with Crippen LogP contribution in [0.2, 0.25) is 5.02 Å².